The Bertz CT molecular complexity index is 268. The molecule has 1 aromatic heterocycles. The Morgan fingerprint density at radius 2 is 2.33 bits per heavy atom. The highest BCUT2D eigenvalue weighted by Crippen LogP contribution is 2.07. The van der Waals surface area contributed by atoms with Crippen LogP contribution in [0.3, 0.4) is 0 Å². The van der Waals surface area contributed by atoms with E-state index < -0.39 is 0 Å². The van der Waals surface area contributed by atoms with Crippen molar-refractivity contribution in [2.75, 3.05) is 0 Å². The maximum absolute atomic E-state index is 11.0. The van der Waals surface area contributed by atoms with Crippen molar-refractivity contribution in [3.05, 3.63) is 28.5 Å². The predicted molar refractivity (Wildman–Crippen MR) is 50.9 cm³/mol. The number of nitrogens with zero attached hydrogens (tertiary/aromatic N) is 1. The van der Waals surface area contributed by atoms with E-state index in [2.05, 4.69) is 20.9 Å². The first-order chi connectivity index (χ1) is 5.72. The van der Waals surface area contributed by atoms with Crippen molar-refractivity contribution in [1.29, 1.82) is 0 Å². The zero-order chi connectivity index (χ0) is 8.97. The van der Waals surface area contributed by atoms with Crippen LogP contribution in [0.4, 0.5) is 0 Å². The summed E-state index contributed by atoms with van der Waals surface area (Å²) in [4.78, 5) is 15.1. The molecular weight excluding hydrogens is 218 g/mol. The maximum Gasteiger partial charge on any atom is 0.137 e. The van der Waals surface area contributed by atoms with Crippen LogP contribution in [0.2, 0.25) is 0 Å². The molecule has 0 unspecified atom stereocenters. The monoisotopic (exact) mass is 227 g/mol. The molecule has 12 heavy (non-hydrogen) atoms. The highest BCUT2D eigenvalue weighted by molar-refractivity contribution is 9.10. The van der Waals surface area contributed by atoms with Gasteiger partial charge in [0.25, 0.3) is 0 Å². The first kappa shape index (κ1) is 9.39. The van der Waals surface area contributed by atoms with Crippen LogP contribution in [0.5, 0.6) is 0 Å². The second-order valence-corrected chi connectivity index (χ2v) is 3.37. The van der Waals surface area contributed by atoms with Crippen molar-refractivity contribution in [2.45, 2.75) is 19.8 Å². The summed E-state index contributed by atoms with van der Waals surface area (Å²) in [5, 5.41) is 0. The predicted octanol–water partition coefficient (Wildman–Crippen LogP) is 2.37. The number of pyridine rings is 1. The smallest absolute Gasteiger partial charge is 0.137 e. The number of ketones is 1. The Morgan fingerprint density at radius 3 is 2.83 bits per heavy atom. The normalized spacial score (nSPS) is 9.83. The van der Waals surface area contributed by atoms with Crippen molar-refractivity contribution in [2.24, 2.45) is 0 Å². The van der Waals surface area contributed by atoms with Gasteiger partial charge in [0.15, 0.2) is 0 Å². The van der Waals surface area contributed by atoms with Crippen LogP contribution in [-0.4, -0.2) is 10.8 Å². The van der Waals surface area contributed by atoms with Crippen LogP contribution in [0.15, 0.2) is 22.9 Å². The molecule has 0 aliphatic heterocycles. The number of hydrogen-bond acceptors (Lipinski definition) is 2. The molecule has 0 bridgehead atoms. The number of carbonyl (C=O) groups is 1. The molecule has 1 aromatic rings. The van der Waals surface area contributed by atoms with E-state index in [-0.39, 0.29) is 5.78 Å². The third kappa shape index (κ3) is 2.74. The minimum atomic E-state index is 0.249. The van der Waals surface area contributed by atoms with Crippen molar-refractivity contribution in [3.8, 4) is 0 Å². The number of halogens is 1. The number of rotatable bonds is 3. The van der Waals surface area contributed by atoms with Gasteiger partial charge in [-0.15, -0.1) is 0 Å². The minimum Gasteiger partial charge on any atom is -0.299 e. The molecule has 0 spiro atoms. The lowest BCUT2D eigenvalue weighted by Gasteiger charge is -1.97. The number of carbonyl (C=O) groups excluding carboxylic acids is 1. The third-order valence-electron chi connectivity index (χ3n) is 1.58. The lowest BCUT2D eigenvalue weighted by molar-refractivity contribution is -0.118. The summed E-state index contributed by atoms with van der Waals surface area (Å²) in [6.07, 6.45) is 2.81. The lowest BCUT2D eigenvalue weighted by Crippen LogP contribution is -2.00. The lowest BCUT2D eigenvalue weighted by atomic mass is 10.1. The molecule has 0 saturated carbocycles. The number of Topliss-reactive ketones (excluding diaryl/α,β-unsaturated/α-hetero) is 1. The SMILES string of the molecule is CCC(=O)Cc1ccc(Br)nc1. The molecule has 1 rings (SSSR count). The summed E-state index contributed by atoms with van der Waals surface area (Å²) >= 11 is 3.23. The fourth-order valence-electron chi connectivity index (χ4n) is 0.864. The van der Waals surface area contributed by atoms with Crippen LogP contribution in [0.1, 0.15) is 18.9 Å². The molecule has 0 atom stereocenters. The standard InChI is InChI=1S/C9H10BrNO/c1-2-8(12)5-7-3-4-9(10)11-6-7/h3-4,6H,2,5H2,1H3. The summed E-state index contributed by atoms with van der Waals surface area (Å²) in [6.45, 7) is 1.87. The van der Waals surface area contributed by atoms with Gasteiger partial charge in [-0.2, -0.15) is 0 Å². The van der Waals surface area contributed by atoms with Crippen molar-refractivity contribution in [1.82, 2.24) is 4.98 Å². The Balaban J connectivity index is 2.64. The molecule has 0 aromatic carbocycles. The van der Waals surface area contributed by atoms with Gasteiger partial charge in [0.2, 0.25) is 0 Å². The van der Waals surface area contributed by atoms with Gasteiger partial charge < -0.3 is 0 Å². The fraction of sp³-hybridized carbons (Fsp3) is 0.333. The Hall–Kier alpha value is -0.700. The van der Waals surface area contributed by atoms with Gasteiger partial charge >= 0.3 is 0 Å². The summed E-state index contributed by atoms with van der Waals surface area (Å²) in [7, 11) is 0. The number of hydrogen-bond donors (Lipinski definition) is 0. The van der Waals surface area contributed by atoms with Gasteiger partial charge in [-0.1, -0.05) is 13.0 Å². The molecule has 64 valence electrons. The largest absolute Gasteiger partial charge is 0.299 e. The third-order valence-corrected chi connectivity index (χ3v) is 2.05. The van der Waals surface area contributed by atoms with Gasteiger partial charge in [-0.3, -0.25) is 4.79 Å². The van der Waals surface area contributed by atoms with Gasteiger partial charge in [0, 0.05) is 19.0 Å². The Morgan fingerprint density at radius 1 is 1.58 bits per heavy atom. The molecule has 0 amide bonds. The van der Waals surface area contributed by atoms with Crippen LogP contribution in [0.25, 0.3) is 0 Å². The zero-order valence-corrected chi connectivity index (χ0v) is 8.47. The minimum absolute atomic E-state index is 0.249. The Labute approximate surface area is 80.1 Å². The average Bonchev–Trinajstić information content (AvgIpc) is 2.09. The fourth-order valence-corrected chi connectivity index (χ4v) is 1.10. The topological polar surface area (TPSA) is 30.0 Å². The van der Waals surface area contributed by atoms with E-state index in [0.717, 1.165) is 10.2 Å². The van der Waals surface area contributed by atoms with Crippen molar-refractivity contribution < 1.29 is 4.79 Å². The first-order valence-corrected chi connectivity index (χ1v) is 4.64. The molecule has 3 heteroatoms. The summed E-state index contributed by atoms with van der Waals surface area (Å²) in [5.74, 6) is 0.249. The quantitative estimate of drug-likeness (QED) is 0.743. The van der Waals surface area contributed by atoms with Gasteiger partial charge in [0.1, 0.15) is 10.4 Å². The van der Waals surface area contributed by atoms with Crippen LogP contribution in [0, 0.1) is 0 Å². The van der Waals surface area contributed by atoms with E-state index in [0.29, 0.717) is 12.8 Å². The van der Waals surface area contributed by atoms with E-state index >= 15 is 0 Å². The zero-order valence-electron chi connectivity index (χ0n) is 6.88. The molecule has 0 saturated heterocycles. The van der Waals surface area contributed by atoms with Gasteiger partial charge in [-0.25, -0.2) is 4.98 Å². The first-order valence-electron chi connectivity index (χ1n) is 3.84. The molecule has 0 aliphatic rings. The van der Waals surface area contributed by atoms with Gasteiger partial charge in [-0.05, 0) is 27.6 Å². The Kier molecular flexibility index (Phi) is 3.41. The maximum atomic E-state index is 11.0. The molecule has 1 heterocycles. The molecule has 0 aliphatic carbocycles. The summed E-state index contributed by atoms with van der Waals surface area (Å²) < 4.78 is 0.801. The second-order valence-electron chi connectivity index (χ2n) is 2.56. The van der Waals surface area contributed by atoms with Crippen LogP contribution in [-0.2, 0) is 11.2 Å². The molecule has 0 N–H and O–H groups in total. The second kappa shape index (κ2) is 4.36. The van der Waals surface area contributed by atoms with E-state index in [1.807, 2.05) is 19.1 Å². The van der Waals surface area contributed by atoms with E-state index in [1.54, 1.807) is 6.20 Å². The van der Waals surface area contributed by atoms with Crippen molar-refractivity contribution in [3.63, 3.8) is 0 Å². The van der Waals surface area contributed by atoms with E-state index in [9.17, 15) is 4.79 Å². The highest BCUT2D eigenvalue weighted by Gasteiger charge is 2.00. The summed E-state index contributed by atoms with van der Waals surface area (Å²) in [5.41, 5.74) is 0.977. The molecule has 0 fully saturated rings. The van der Waals surface area contributed by atoms with E-state index in [4.69, 9.17) is 0 Å². The molecular formula is C9H10BrNO. The summed E-state index contributed by atoms with van der Waals surface area (Å²) in [6, 6.07) is 3.75. The van der Waals surface area contributed by atoms with Crippen LogP contribution < -0.4 is 0 Å². The average molecular weight is 228 g/mol. The van der Waals surface area contributed by atoms with Crippen molar-refractivity contribution >= 4 is 21.7 Å². The number of aromatic nitrogens is 1. The highest BCUT2D eigenvalue weighted by atomic mass is 79.9. The van der Waals surface area contributed by atoms with Gasteiger partial charge in [0.05, 0.1) is 0 Å². The molecule has 2 nitrogen and oxygen atoms in total. The molecule has 0 radical (unpaired) electrons. The van der Waals surface area contributed by atoms with Crippen LogP contribution >= 0.6 is 15.9 Å². The van der Waals surface area contributed by atoms with E-state index in [1.165, 1.54) is 0 Å².